The van der Waals surface area contributed by atoms with E-state index in [0.717, 1.165) is 0 Å². The van der Waals surface area contributed by atoms with Crippen LogP contribution in [0.15, 0.2) is 0 Å². The topological polar surface area (TPSA) is 105 Å². The lowest BCUT2D eigenvalue weighted by atomic mass is 9.79. The van der Waals surface area contributed by atoms with Crippen LogP contribution in [0.3, 0.4) is 0 Å². The summed E-state index contributed by atoms with van der Waals surface area (Å²) in [7, 11) is 0. The molecule has 0 saturated carbocycles. The van der Waals surface area contributed by atoms with Crippen molar-refractivity contribution in [2.24, 2.45) is 17.6 Å². The van der Waals surface area contributed by atoms with Gasteiger partial charge in [-0.25, -0.2) is 4.79 Å². The van der Waals surface area contributed by atoms with Gasteiger partial charge in [0.05, 0.1) is 6.04 Å². The molecule has 0 aromatic rings. The molecule has 7 nitrogen and oxygen atoms in total. The fraction of sp³-hybridized carbons (Fsp3) is 0.800. The Bertz CT molecular complexity index is 477. The molecule has 1 unspecified atom stereocenters. The summed E-state index contributed by atoms with van der Waals surface area (Å²) in [6.07, 6.45) is 2.05. The van der Waals surface area contributed by atoms with Gasteiger partial charge in [-0.3, -0.25) is 14.9 Å². The molecular formula is C15H27ClN4O3. The van der Waals surface area contributed by atoms with E-state index in [1.54, 1.807) is 11.8 Å². The number of urea groups is 1. The van der Waals surface area contributed by atoms with E-state index in [1.807, 2.05) is 13.8 Å². The van der Waals surface area contributed by atoms with Gasteiger partial charge in [0.15, 0.2) is 0 Å². The maximum absolute atomic E-state index is 12.3. The Kier molecular flexibility index (Phi) is 6.41. The number of hydrogen-bond acceptors (Lipinski definition) is 4. The van der Waals surface area contributed by atoms with Gasteiger partial charge in [0.2, 0.25) is 5.91 Å². The number of carbonyl (C=O) groups excluding carboxylic acids is 3. The van der Waals surface area contributed by atoms with Gasteiger partial charge in [-0.15, -0.1) is 12.4 Å². The zero-order chi connectivity index (χ0) is 16.5. The Morgan fingerprint density at radius 1 is 1.35 bits per heavy atom. The van der Waals surface area contributed by atoms with Gasteiger partial charge < -0.3 is 16.0 Å². The molecule has 0 radical (unpaired) electrons. The monoisotopic (exact) mass is 346 g/mol. The van der Waals surface area contributed by atoms with Crippen LogP contribution in [0, 0.1) is 11.8 Å². The quantitative estimate of drug-likeness (QED) is 0.649. The van der Waals surface area contributed by atoms with Crippen molar-refractivity contribution in [1.29, 1.82) is 0 Å². The first-order chi connectivity index (χ1) is 10.2. The predicted molar refractivity (Wildman–Crippen MR) is 89.1 cm³/mol. The van der Waals surface area contributed by atoms with Gasteiger partial charge in [0, 0.05) is 13.1 Å². The van der Waals surface area contributed by atoms with Crippen LogP contribution in [0.5, 0.6) is 0 Å². The average molecular weight is 347 g/mol. The third kappa shape index (κ3) is 4.14. The molecule has 8 heteroatoms. The Labute approximate surface area is 143 Å². The molecule has 4 amide bonds. The van der Waals surface area contributed by atoms with E-state index in [-0.39, 0.29) is 30.1 Å². The number of nitrogens with one attached hydrogen (secondary N) is 2. The largest absolute Gasteiger partial charge is 0.341 e. The summed E-state index contributed by atoms with van der Waals surface area (Å²) in [5, 5.41) is 5.00. The van der Waals surface area contributed by atoms with Crippen molar-refractivity contribution >= 4 is 30.3 Å². The third-order valence-electron chi connectivity index (χ3n) is 4.74. The number of nitrogens with zero attached hydrogens (tertiary/aromatic N) is 1. The molecule has 0 aliphatic carbocycles. The summed E-state index contributed by atoms with van der Waals surface area (Å²) in [5.41, 5.74) is 5.09. The molecule has 132 valence electrons. The normalized spacial score (nSPS) is 26.6. The second-order valence-electron chi connectivity index (χ2n) is 6.95. The maximum Gasteiger partial charge on any atom is 0.322 e. The molecular weight excluding hydrogens is 320 g/mol. The summed E-state index contributed by atoms with van der Waals surface area (Å²) in [6.45, 7) is 6.99. The number of rotatable bonds is 4. The average Bonchev–Trinajstić information content (AvgIpc) is 2.71. The van der Waals surface area contributed by atoms with Crippen LogP contribution in [0.25, 0.3) is 0 Å². The molecule has 2 aliphatic heterocycles. The van der Waals surface area contributed by atoms with Gasteiger partial charge in [0.1, 0.15) is 5.54 Å². The van der Waals surface area contributed by atoms with E-state index < -0.39 is 17.6 Å². The van der Waals surface area contributed by atoms with Gasteiger partial charge in [-0.2, -0.15) is 0 Å². The zero-order valence-electron chi connectivity index (χ0n) is 13.9. The third-order valence-corrected chi connectivity index (χ3v) is 4.74. The molecule has 2 saturated heterocycles. The van der Waals surface area contributed by atoms with E-state index in [2.05, 4.69) is 10.6 Å². The first-order valence-electron chi connectivity index (χ1n) is 7.92. The highest BCUT2D eigenvalue weighted by Gasteiger charge is 2.48. The molecule has 2 aliphatic rings. The standard InChI is InChI=1S/C15H26N4O3.ClH/c1-9(2)8-11(16)12(20)19-6-4-10(5-7-19)15(3)13(21)17-14(22)18-15;/h9-11H,4-8,16H2,1-3H3,(H2,17,18,21,22);1H/t11-,15?;/m0./s1. The van der Waals surface area contributed by atoms with Crippen molar-refractivity contribution in [2.75, 3.05) is 13.1 Å². The lowest BCUT2D eigenvalue weighted by molar-refractivity contribution is -0.135. The Morgan fingerprint density at radius 3 is 2.35 bits per heavy atom. The lowest BCUT2D eigenvalue weighted by Crippen LogP contribution is -2.55. The zero-order valence-corrected chi connectivity index (χ0v) is 14.7. The summed E-state index contributed by atoms with van der Waals surface area (Å²) in [6, 6.07) is -0.897. The number of nitrogens with two attached hydrogens (primary N) is 1. The van der Waals surface area contributed by atoms with Crippen LogP contribution in [0.4, 0.5) is 4.79 Å². The SMILES string of the molecule is CC(C)C[C@H](N)C(=O)N1CCC(C2(C)NC(=O)NC2=O)CC1.Cl. The van der Waals surface area contributed by atoms with E-state index in [0.29, 0.717) is 38.3 Å². The highest BCUT2D eigenvalue weighted by Crippen LogP contribution is 2.30. The summed E-state index contributed by atoms with van der Waals surface area (Å²) >= 11 is 0. The van der Waals surface area contributed by atoms with E-state index >= 15 is 0 Å². The van der Waals surface area contributed by atoms with Crippen LogP contribution >= 0.6 is 12.4 Å². The van der Waals surface area contributed by atoms with Crippen LogP contribution < -0.4 is 16.4 Å². The van der Waals surface area contributed by atoms with E-state index in [9.17, 15) is 14.4 Å². The smallest absolute Gasteiger partial charge is 0.322 e. The first kappa shape index (κ1) is 19.7. The number of halogens is 1. The number of piperidine rings is 1. The van der Waals surface area contributed by atoms with Crippen molar-refractivity contribution in [3.05, 3.63) is 0 Å². The van der Waals surface area contributed by atoms with Gasteiger partial charge in [0.25, 0.3) is 5.91 Å². The molecule has 23 heavy (non-hydrogen) atoms. The number of hydrogen-bond donors (Lipinski definition) is 3. The molecule has 0 aromatic heterocycles. The minimum Gasteiger partial charge on any atom is -0.341 e. The van der Waals surface area contributed by atoms with Crippen molar-refractivity contribution < 1.29 is 14.4 Å². The Hall–Kier alpha value is -1.34. The number of imide groups is 1. The maximum atomic E-state index is 12.3. The van der Waals surface area contributed by atoms with Gasteiger partial charge >= 0.3 is 6.03 Å². The Morgan fingerprint density at radius 2 is 1.91 bits per heavy atom. The first-order valence-corrected chi connectivity index (χ1v) is 7.92. The highest BCUT2D eigenvalue weighted by atomic mass is 35.5. The number of amides is 4. The fourth-order valence-corrected chi connectivity index (χ4v) is 3.36. The van der Waals surface area contributed by atoms with Crippen LogP contribution in [0.2, 0.25) is 0 Å². The van der Waals surface area contributed by atoms with Crippen LogP contribution in [-0.2, 0) is 9.59 Å². The molecule has 0 spiro atoms. The Balaban J connectivity index is 0.00000264. The molecule has 0 bridgehead atoms. The van der Waals surface area contributed by atoms with Crippen molar-refractivity contribution in [3.63, 3.8) is 0 Å². The summed E-state index contributed by atoms with van der Waals surface area (Å²) in [4.78, 5) is 37.4. The molecule has 2 heterocycles. The van der Waals surface area contributed by atoms with E-state index in [4.69, 9.17) is 5.73 Å². The molecule has 2 atom stereocenters. The van der Waals surface area contributed by atoms with Gasteiger partial charge in [-0.05, 0) is 38.0 Å². The van der Waals surface area contributed by atoms with Crippen LogP contribution in [-0.4, -0.2) is 47.4 Å². The van der Waals surface area contributed by atoms with Gasteiger partial charge in [-0.1, -0.05) is 13.8 Å². The number of carbonyl (C=O) groups is 3. The van der Waals surface area contributed by atoms with Crippen LogP contribution in [0.1, 0.15) is 40.0 Å². The second kappa shape index (κ2) is 7.49. The highest BCUT2D eigenvalue weighted by molar-refractivity contribution is 6.07. The molecule has 2 fully saturated rings. The molecule has 4 N–H and O–H groups in total. The van der Waals surface area contributed by atoms with Crippen molar-refractivity contribution in [1.82, 2.24) is 15.5 Å². The molecule has 2 rings (SSSR count). The predicted octanol–water partition coefficient (Wildman–Crippen LogP) is 0.618. The fourth-order valence-electron chi connectivity index (χ4n) is 3.36. The second-order valence-corrected chi connectivity index (χ2v) is 6.95. The minimum absolute atomic E-state index is 0. The number of likely N-dealkylation sites (tertiary alicyclic amines) is 1. The van der Waals surface area contributed by atoms with Crippen molar-refractivity contribution in [2.45, 2.75) is 51.6 Å². The van der Waals surface area contributed by atoms with E-state index in [1.165, 1.54) is 0 Å². The van der Waals surface area contributed by atoms with Crippen molar-refractivity contribution in [3.8, 4) is 0 Å². The minimum atomic E-state index is -0.869. The lowest BCUT2D eigenvalue weighted by Gasteiger charge is -2.39. The summed E-state index contributed by atoms with van der Waals surface area (Å²) < 4.78 is 0. The molecule has 0 aromatic carbocycles. The summed E-state index contributed by atoms with van der Waals surface area (Å²) in [5.74, 6) is 0.119.